The molecular weight excluding hydrogens is 232 g/mol. The van der Waals surface area contributed by atoms with E-state index in [4.69, 9.17) is 5.73 Å². The molecule has 0 saturated carbocycles. The first-order valence-corrected chi connectivity index (χ1v) is 6.98. The van der Waals surface area contributed by atoms with Crippen LogP contribution in [0.15, 0.2) is 18.2 Å². The minimum atomic E-state index is -0.0118. The molecule has 2 rings (SSSR count). The van der Waals surface area contributed by atoms with Crippen LogP contribution in [-0.2, 0) is 0 Å². The molecule has 3 N–H and O–H groups in total. The van der Waals surface area contributed by atoms with Gasteiger partial charge in [-0.15, -0.1) is 0 Å². The third-order valence-corrected chi connectivity index (χ3v) is 4.53. The van der Waals surface area contributed by atoms with Crippen LogP contribution < -0.4 is 11.1 Å². The van der Waals surface area contributed by atoms with Crippen molar-refractivity contribution in [2.45, 2.75) is 25.0 Å². The molecule has 0 aromatic heterocycles. The molecule has 92 valence electrons. The summed E-state index contributed by atoms with van der Waals surface area (Å²) in [7, 11) is 0. The minimum Gasteiger partial charge on any atom is -0.398 e. The van der Waals surface area contributed by atoms with E-state index in [2.05, 4.69) is 5.32 Å². The van der Waals surface area contributed by atoms with Crippen LogP contribution in [0.25, 0.3) is 0 Å². The standard InChI is InChI=1S/C13H18N2OS/c1-9-11(5-2-6-12(9)14)13(16)15-8-10-4-3-7-17-10/h2,5-6,10H,3-4,7-8,14H2,1H3,(H,15,16). The second-order valence-corrected chi connectivity index (χ2v) is 5.77. The van der Waals surface area contributed by atoms with Crippen LogP contribution in [0, 0.1) is 6.92 Å². The number of hydrogen-bond donors (Lipinski definition) is 2. The highest BCUT2D eigenvalue weighted by molar-refractivity contribution is 8.00. The Morgan fingerprint density at radius 2 is 2.41 bits per heavy atom. The van der Waals surface area contributed by atoms with Gasteiger partial charge in [-0.05, 0) is 43.2 Å². The molecule has 1 atom stereocenters. The van der Waals surface area contributed by atoms with Crippen molar-refractivity contribution < 1.29 is 4.79 Å². The minimum absolute atomic E-state index is 0.0118. The molecular formula is C13H18N2OS. The Hall–Kier alpha value is -1.16. The molecule has 0 spiro atoms. The molecule has 17 heavy (non-hydrogen) atoms. The molecule has 0 bridgehead atoms. The van der Waals surface area contributed by atoms with E-state index in [9.17, 15) is 4.79 Å². The van der Waals surface area contributed by atoms with Crippen LogP contribution in [0.5, 0.6) is 0 Å². The predicted molar refractivity (Wildman–Crippen MR) is 73.4 cm³/mol. The highest BCUT2D eigenvalue weighted by Gasteiger charge is 2.17. The average Bonchev–Trinajstić information content (AvgIpc) is 2.82. The zero-order valence-electron chi connectivity index (χ0n) is 10.0. The lowest BCUT2D eigenvalue weighted by Crippen LogP contribution is -2.30. The highest BCUT2D eigenvalue weighted by Crippen LogP contribution is 2.25. The van der Waals surface area contributed by atoms with Crippen LogP contribution in [-0.4, -0.2) is 23.5 Å². The molecule has 1 heterocycles. The van der Waals surface area contributed by atoms with E-state index >= 15 is 0 Å². The number of thioether (sulfide) groups is 1. The van der Waals surface area contributed by atoms with Gasteiger partial charge in [0.15, 0.2) is 0 Å². The SMILES string of the molecule is Cc1c(N)cccc1C(=O)NCC1CCCS1. The molecule has 1 aromatic carbocycles. The Morgan fingerprint density at radius 3 is 3.12 bits per heavy atom. The van der Waals surface area contributed by atoms with Crippen molar-refractivity contribution >= 4 is 23.4 Å². The zero-order chi connectivity index (χ0) is 12.3. The Labute approximate surface area is 106 Å². The Morgan fingerprint density at radius 1 is 1.59 bits per heavy atom. The summed E-state index contributed by atoms with van der Waals surface area (Å²) in [6, 6.07) is 5.46. The normalized spacial score (nSPS) is 19.2. The van der Waals surface area contributed by atoms with Gasteiger partial charge >= 0.3 is 0 Å². The number of amides is 1. The largest absolute Gasteiger partial charge is 0.398 e. The Kier molecular flexibility index (Phi) is 3.94. The lowest BCUT2D eigenvalue weighted by molar-refractivity contribution is 0.0953. The first-order valence-electron chi connectivity index (χ1n) is 5.93. The molecule has 3 nitrogen and oxygen atoms in total. The summed E-state index contributed by atoms with van der Waals surface area (Å²) in [4.78, 5) is 12.0. The van der Waals surface area contributed by atoms with Crippen molar-refractivity contribution in [1.29, 1.82) is 0 Å². The van der Waals surface area contributed by atoms with Gasteiger partial charge in [-0.25, -0.2) is 0 Å². The molecule has 1 aromatic rings. The third-order valence-electron chi connectivity index (χ3n) is 3.13. The average molecular weight is 250 g/mol. The topological polar surface area (TPSA) is 55.1 Å². The smallest absolute Gasteiger partial charge is 0.251 e. The number of nitrogens with two attached hydrogens (primary N) is 1. The summed E-state index contributed by atoms with van der Waals surface area (Å²) < 4.78 is 0. The van der Waals surface area contributed by atoms with Crippen molar-refractivity contribution in [3.63, 3.8) is 0 Å². The summed E-state index contributed by atoms with van der Waals surface area (Å²) >= 11 is 1.95. The van der Waals surface area contributed by atoms with E-state index in [1.54, 1.807) is 0 Å². The first kappa shape index (κ1) is 12.3. The second-order valence-electron chi connectivity index (χ2n) is 4.36. The van der Waals surface area contributed by atoms with Crippen LogP contribution in [0.3, 0.4) is 0 Å². The monoisotopic (exact) mass is 250 g/mol. The van der Waals surface area contributed by atoms with Crippen LogP contribution in [0.4, 0.5) is 5.69 Å². The van der Waals surface area contributed by atoms with Gasteiger partial charge in [-0.3, -0.25) is 4.79 Å². The maximum absolute atomic E-state index is 12.0. The van der Waals surface area contributed by atoms with Gasteiger partial charge in [0, 0.05) is 23.0 Å². The van der Waals surface area contributed by atoms with Crippen molar-refractivity contribution in [1.82, 2.24) is 5.32 Å². The number of carbonyl (C=O) groups excluding carboxylic acids is 1. The van der Waals surface area contributed by atoms with Crippen molar-refractivity contribution in [2.75, 3.05) is 18.0 Å². The third kappa shape index (κ3) is 2.94. The fourth-order valence-electron chi connectivity index (χ4n) is 2.01. The van der Waals surface area contributed by atoms with E-state index in [1.807, 2.05) is 36.9 Å². The van der Waals surface area contributed by atoms with E-state index < -0.39 is 0 Å². The highest BCUT2D eigenvalue weighted by atomic mass is 32.2. The zero-order valence-corrected chi connectivity index (χ0v) is 10.8. The number of nitrogen functional groups attached to an aromatic ring is 1. The maximum Gasteiger partial charge on any atom is 0.251 e. The molecule has 0 radical (unpaired) electrons. The van der Waals surface area contributed by atoms with Crippen molar-refractivity contribution in [3.05, 3.63) is 29.3 Å². The number of nitrogens with one attached hydrogen (secondary N) is 1. The van der Waals surface area contributed by atoms with E-state index in [0.29, 0.717) is 16.5 Å². The number of hydrogen-bond acceptors (Lipinski definition) is 3. The van der Waals surface area contributed by atoms with E-state index in [0.717, 1.165) is 12.1 Å². The fourth-order valence-corrected chi connectivity index (χ4v) is 3.21. The summed E-state index contributed by atoms with van der Waals surface area (Å²) in [5, 5.41) is 3.58. The van der Waals surface area contributed by atoms with Gasteiger partial charge < -0.3 is 11.1 Å². The number of carbonyl (C=O) groups is 1. The van der Waals surface area contributed by atoms with Gasteiger partial charge in [-0.1, -0.05) is 6.07 Å². The molecule has 1 fully saturated rings. The number of anilines is 1. The molecule has 1 aliphatic rings. The first-order chi connectivity index (χ1) is 8.18. The summed E-state index contributed by atoms with van der Waals surface area (Å²) in [5.74, 6) is 1.21. The van der Waals surface area contributed by atoms with Gasteiger partial charge in [0.2, 0.25) is 0 Å². The quantitative estimate of drug-likeness (QED) is 0.809. The molecule has 1 amide bonds. The van der Waals surface area contributed by atoms with Gasteiger partial charge in [0.25, 0.3) is 5.91 Å². The Balaban J connectivity index is 1.97. The van der Waals surface area contributed by atoms with Gasteiger partial charge in [0.05, 0.1) is 0 Å². The molecule has 1 saturated heterocycles. The summed E-state index contributed by atoms with van der Waals surface area (Å²) in [6.07, 6.45) is 2.48. The molecule has 4 heteroatoms. The Bertz CT molecular complexity index is 414. The molecule has 0 aliphatic carbocycles. The van der Waals surface area contributed by atoms with Crippen LogP contribution >= 0.6 is 11.8 Å². The fraction of sp³-hybridized carbons (Fsp3) is 0.462. The lowest BCUT2D eigenvalue weighted by Gasteiger charge is -2.12. The predicted octanol–water partition coefficient (Wildman–Crippen LogP) is 2.20. The molecule has 1 aliphatic heterocycles. The maximum atomic E-state index is 12.0. The van der Waals surface area contributed by atoms with E-state index in [-0.39, 0.29) is 5.91 Å². The van der Waals surface area contributed by atoms with Crippen molar-refractivity contribution in [3.8, 4) is 0 Å². The number of benzene rings is 1. The van der Waals surface area contributed by atoms with Crippen LogP contribution in [0.2, 0.25) is 0 Å². The summed E-state index contributed by atoms with van der Waals surface area (Å²) in [6.45, 7) is 2.65. The van der Waals surface area contributed by atoms with Crippen LogP contribution in [0.1, 0.15) is 28.8 Å². The number of rotatable bonds is 3. The van der Waals surface area contributed by atoms with Gasteiger partial charge in [-0.2, -0.15) is 11.8 Å². The lowest BCUT2D eigenvalue weighted by atomic mass is 10.1. The summed E-state index contributed by atoms with van der Waals surface area (Å²) in [5.41, 5.74) is 8.02. The molecule has 1 unspecified atom stereocenters. The second kappa shape index (κ2) is 5.45. The van der Waals surface area contributed by atoms with Gasteiger partial charge in [0.1, 0.15) is 0 Å². The van der Waals surface area contributed by atoms with E-state index in [1.165, 1.54) is 18.6 Å². The van der Waals surface area contributed by atoms with Crippen molar-refractivity contribution in [2.24, 2.45) is 0 Å².